The second kappa shape index (κ2) is 6.48. The van der Waals surface area contributed by atoms with Gasteiger partial charge in [0, 0.05) is 17.1 Å². The quantitative estimate of drug-likeness (QED) is 0.887. The highest BCUT2D eigenvalue weighted by molar-refractivity contribution is 6.30. The van der Waals surface area contributed by atoms with Crippen molar-refractivity contribution in [2.24, 2.45) is 0 Å². The molecule has 0 aliphatic heterocycles. The van der Waals surface area contributed by atoms with Gasteiger partial charge >= 0.3 is 0 Å². The van der Waals surface area contributed by atoms with Gasteiger partial charge in [-0.05, 0) is 51.3 Å². The number of nitrogen functional groups attached to an aromatic ring is 1. The molecule has 2 N–H and O–H groups in total. The van der Waals surface area contributed by atoms with Crippen molar-refractivity contribution in [1.29, 1.82) is 0 Å². The molecule has 1 saturated carbocycles. The SMILES string of the molecule is CC(C)n1ncc(C(=O)N(C2CC2)[C@@H](C)c2ccc(Cl)cc2)c1N. The molecule has 0 bridgehead atoms. The summed E-state index contributed by atoms with van der Waals surface area (Å²) in [6.45, 7) is 6.03. The summed E-state index contributed by atoms with van der Waals surface area (Å²) in [6, 6.07) is 8.00. The van der Waals surface area contributed by atoms with E-state index >= 15 is 0 Å². The van der Waals surface area contributed by atoms with Gasteiger partial charge in [-0.1, -0.05) is 23.7 Å². The van der Waals surface area contributed by atoms with Crippen molar-refractivity contribution in [2.75, 3.05) is 5.73 Å². The number of nitrogens with zero attached hydrogens (tertiary/aromatic N) is 3. The molecular formula is C18H23ClN4O. The van der Waals surface area contributed by atoms with Crippen LogP contribution in [0.5, 0.6) is 0 Å². The van der Waals surface area contributed by atoms with Crippen LogP contribution < -0.4 is 5.73 Å². The lowest BCUT2D eigenvalue weighted by Crippen LogP contribution is -2.35. The van der Waals surface area contributed by atoms with Gasteiger partial charge in [0.15, 0.2) is 0 Å². The highest BCUT2D eigenvalue weighted by Crippen LogP contribution is 2.36. The van der Waals surface area contributed by atoms with Crippen molar-refractivity contribution in [3.63, 3.8) is 0 Å². The van der Waals surface area contributed by atoms with Crippen LogP contribution in [-0.4, -0.2) is 26.6 Å². The Kier molecular flexibility index (Phi) is 4.54. The van der Waals surface area contributed by atoms with E-state index in [0.29, 0.717) is 16.4 Å². The first-order valence-corrected chi connectivity index (χ1v) is 8.69. The molecule has 5 nitrogen and oxygen atoms in total. The molecule has 1 amide bonds. The van der Waals surface area contributed by atoms with E-state index in [2.05, 4.69) is 5.10 Å². The molecule has 0 spiro atoms. The first-order chi connectivity index (χ1) is 11.4. The lowest BCUT2D eigenvalue weighted by Gasteiger charge is -2.29. The van der Waals surface area contributed by atoms with E-state index in [-0.39, 0.29) is 24.0 Å². The molecule has 0 radical (unpaired) electrons. The Morgan fingerprint density at radius 3 is 2.42 bits per heavy atom. The third-order valence-electron chi connectivity index (χ3n) is 4.50. The number of benzene rings is 1. The van der Waals surface area contributed by atoms with Crippen LogP contribution in [0.25, 0.3) is 0 Å². The second-order valence-corrected chi connectivity index (χ2v) is 7.09. The normalized spacial score (nSPS) is 15.5. The van der Waals surface area contributed by atoms with Crippen LogP contribution in [0, 0.1) is 0 Å². The number of aromatic nitrogens is 2. The van der Waals surface area contributed by atoms with E-state index in [4.69, 9.17) is 17.3 Å². The van der Waals surface area contributed by atoms with E-state index in [1.165, 1.54) is 0 Å². The van der Waals surface area contributed by atoms with Gasteiger partial charge in [-0.3, -0.25) is 4.79 Å². The zero-order valence-electron chi connectivity index (χ0n) is 14.2. The predicted octanol–water partition coefficient (Wildman–Crippen LogP) is 4.07. The van der Waals surface area contributed by atoms with E-state index in [1.54, 1.807) is 10.9 Å². The smallest absolute Gasteiger partial charge is 0.259 e. The minimum Gasteiger partial charge on any atom is -0.383 e. The van der Waals surface area contributed by atoms with Gasteiger partial charge in [-0.25, -0.2) is 4.68 Å². The van der Waals surface area contributed by atoms with Crippen LogP contribution in [0.2, 0.25) is 5.02 Å². The summed E-state index contributed by atoms with van der Waals surface area (Å²) in [5, 5.41) is 4.96. The lowest BCUT2D eigenvalue weighted by molar-refractivity contribution is 0.0675. The van der Waals surface area contributed by atoms with E-state index in [9.17, 15) is 4.79 Å². The Balaban J connectivity index is 1.91. The maximum atomic E-state index is 13.1. The summed E-state index contributed by atoms with van der Waals surface area (Å²) < 4.78 is 1.69. The molecule has 24 heavy (non-hydrogen) atoms. The number of carbonyl (C=O) groups is 1. The number of carbonyl (C=O) groups excluding carboxylic acids is 1. The highest BCUT2D eigenvalue weighted by atomic mass is 35.5. The van der Waals surface area contributed by atoms with E-state index < -0.39 is 0 Å². The zero-order valence-corrected chi connectivity index (χ0v) is 15.0. The van der Waals surface area contributed by atoms with Gasteiger partial charge in [0.05, 0.1) is 12.2 Å². The fraction of sp³-hybridized carbons (Fsp3) is 0.444. The Labute approximate surface area is 147 Å². The zero-order chi connectivity index (χ0) is 17.4. The van der Waals surface area contributed by atoms with Crippen molar-refractivity contribution >= 4 is 23.3 Å². The molecule has 1 atom stereocenters. The van der Waals surface area contributed by atoms with Crippen LogP contribution in [-0.2, 0) is 0 Å². The Hall–Kier alpha value is -2.01. The van der Waals surface area contributed by atoms with E-state index in [0.717, 1.165) is 18.4 Å². The maximum absolute atomic E-state index is 13.1. The monoisotopic (exact) mass is 346 g/mol. The van der Waals surface area contributed by atoms with Gasteiger partial charge in [-0.15, -0.1) is 0 Å². The van der Waals surface area contributed by atoms with Gasteiger partial charge in [0.2, 0.25) is 0 Å². The standard InChI is InChI=1S/C18H23ClN4O/c1-11(2)23-17(20)16(10-21-23)18(24)22(15-8-9-15)12(3)13-4-6-14(19)7-5-13/h4-7,10-12,15H,8-9,20H2,1-3H3/t12-/m0/s1. The molecule has 1 aliphatic rings. The summed E-state index contributed by atoms with van der Waals surface area (Å²) in [6.07, 6.45) is 3.64. The van der Waals surface area contributed by atoms with E-state index in [1.807, 2.05) is 49.9 Å². The fourth-order valence-electron chi connectivity index (χ4n) is 3.00. The van der Waals surface area contributed by atoms with Crippen LogP contribution in [0.3, 0.4) is 0 Å². The largest absolute Gasteiger partial charge is 0.383 e. The van der Waals surface area contributed by atoms with Gasteiger partial charge in [0.25, 0.3) is 5.91 Å². The summed E-state index contributed by atoms with van der Waals surface area (Å²) in [4.78, 5) is 15.1. The maximum Gasteiger partial charge on any atom is 0.259 e. The number of hydrogen-bond acceptors (Lipinski definition) is 3. The number of nitrogens with two attached hydrogens (primary N) is 1. The lowest BCUT2D eigenvalue weighted by atomic mass is 10.1. The molecule has 128 valence electrons. The Morgan fingerprint density at radius 1 is 1.29 bits per heavy atom. The molecule has 1 aromatic carbocycles. The van der Waals surface area contributed by atoms with Crippen molar-refractivity contribution in [2.45, 2.75) is 51.7 Å². The van der Waals surface area contributed by atoms with Crippen molar-refractivity contribution in [1.82, 2.24) is 14.7 Å². The number of anilines is 1. The molecule has 1 heterocycles. The average Bonchev–Trinajstić information content (AvgIpc) is 3.29. The minimum atomic E-state index is -0.0515. The summed E-state index contributed by atoms with van der Waals surface area (Å²) in [7, 11) is 0. The van der Waals surface area contributed by atoms with Crippen LogP contribution in [0.1, 0.15) is 61.6 Å². The molecule has 1 aromatic heterocycles. The van der Waals surface area contributed by atoms with Gasteiger partial charge < -0.3 is 10.6 Å². The van der Waals surface area contributed by atoms with Gasteiger partial charge in [-0.2, -0.15) is 5.10 Å². The van der Waals surface area contributed by atoms with Crippen molar-refractivity contribution in [3.05, 3.63) is 46.6 Å². The second-order valence-electron chi connectivity index (χ2n) is 6.65. The summed E-state index contributed by atoms with van der Waals surface area (Å²) >= 11 is 5.97. The molecule has 3 rings (SSSR count). The van der Waals surface area contributed by atoms with Crippen LogP contribution in [0.4, 0.5) is 5.82 Å². The summed E-state index contributed by atoms with van der Waals surface area (Å²) in [5.74, 6) is 0.383. The average molecular weight is 347 g/mol. The van der Waals surface area contributed by atoms with Crippen molar-refractivity contribution < 1.29 is 4.79 Å². The third-order valence-corrected chi connectivity index (χ3v) is 4.75. The molecular weight excluding hydrogens is 324 g/mol. The first kappa shape index (κ1) is 16.8. The van der Waals surface area contributed by atoms with Gasteiger partial charge in [0.1, 0.15) is 11.4 Å². The number of amides is 1. The third kappa shape index (κ3) is 3.13. The first-order valence-electron chi connectivity index (χ1n) is 8.31. The number of hydrogen-bond donors (Lipinski definition) is 1. The Bertz CT molecular complexity index is 734. The topological polar surface area (TPSA) is 64.2 Å². The molecule has 0 unspecified atom stereocenters. The molecule has 6 heteroatoms. The van der Waals surface area contributed by atoms with Crippen molar-refractivity contribution in [3.8, 4) is 0 Å². The number of halogens is 1. The predicted molar refractivity (Wildman–Crippen MR) is 96.1 cm³/mol. The summed E-state index contributed by atoms with van der Waals surface area (Å²) in [5.41, 5.74) is 7.70. The Morgan fingerprint density at radius 2 is 1.92 bits per heavy atom. The highest BCUT2D eigenvalue weighted by Gasteiger charge is 2.38. The molecule has 1 fully saturated rings. The fourth-order valence-corrected chi connectivity index (χ4v) is 3.13. The van der Waals surface area contributed by atoms with Crippen LogP contribution >= 0.6 is 11.6 Å². The molecule has 0 saturated heterocycles. The minimum absolute atomic E-state index is 0.0379. The molecule has 1 aliphatic carbocycles. The number of rotatable bonds is 5. The van der Waals surface area contributed by atoms with Crippen LogP contribution in [0.15, 0.2) is 30.5 Å². The molecule has 2 aromatic rings.